The van der Waals surface area contributed by atoms with E-state index in [9.17, 15) is 4.79 Å². The summed E-state index contributed by atoms with van der Waals surface area (Å²) in [6.45, 7) is 29.0. The molecule has 8 heteroatoms. The van der Waals surface area contributed by atoms with Gasteiger partial charge in [0.15, 0.2) is 25.0 Å². The van der Waals surface area contributed by atoms with E-state index in [2.05, 4.69) is 79.7 Å². The van der Waals surface area contributed by atoms with Gasteiger partial charge in [-0.3, -0.25) is 4.79 Å². The number of ether oxygens (including phenoxy) is 1. The molecule has 4 fully saturated rings. The molecule has 0 N–H and O–H groups in total. The Morgan fingerprint density at radius 3 is 2.00 bits per heavy atom. The molecule has 4 saturated carbocycles. The van der Waals surface area contributed by atoms with Crippen molar-refractivity contribution in [2.24, 2.45) is 46.3 Å². The van der Waals surface area contributed by atoms with Crippen LogP contribution in [0.2, 0.25) is 58.9 Å². The fraction of sp³-hybridized carbons (Fsp3) is 0.971. The van der Waals surface area contributed by atoms with Crippen LogP contribution in [0.3, 0.4) is 0 Å². The predicted molar refractivity (Wildman–Crippen MR) is 181 cm³/mol. The number of hydrogen-bond donors (Lipinski definition) is 0. The molecule has 0 aromatic carbocycles. The van der Waals surface area contributed by atoms with Crippen LogP contribution in [-0.4, -0.2) is 56.3 Å². The first-order chi connectivity index (χ1) is 19.2. The minimum atomic E-state index is -1.79. The number of hydrogen-bond acceptors (Lipinski definition) is 5. The van der Waals surface area contributed by atoms with E-state index in [0.717, 1.165) is 6.42 Å². The summed E-state index contributed by atoms with van der Waals surface area (Å²) in [6, 6.07) is 0. The second kappa shape index (κ2) is 12.3. The highest BCUT2D eigenvalue weighted by Gasteiger charge is 2.67. The first kappa shape index (κ1) is 34.9. The number of methoxy groups -OCH3 is 1. The summed E-state index contributed by atoms with van der Waals surface area (Å²) < 4.78 is 26.4. The Bertz CT molecular complexity index is 954. The summed E-state index contributed by atoms with van der Waals surface area (Å²) in [6.07, 6.45) is 11.0. The number of esters is 1. The molecule has 0 radical (unpaired) electrons. The lowest BCUT2D eigenvalue weighted by molar-refractivity contribution is -0.199. The van der Waals surface area contributed by atoms with E-state index in [1.807, 2.05) is 0 Å². The second-order valence-corrected chi connectivity index (χ2v) is 31.6. The third-order valence-corrected chi connectivity index (χ3v) is 15.0. The van der Waals surface area contributed by atoms with Crippen molar-refractivity contribution in [1.82, 2.24) is 0 Å². The maximum Gasteiger partial charge on any atom is 0.305 e. The molecule has 4 aliphatic rings. The molecule has 0 bridgehead atoms. The second-order valence-electron chi connectivity index (χ2n) is 18.2. The van der Waals surface area contributed by atoms with Gasteiger partial charge in [-0.1, -0.05) is 20.8 Å². The fourth-order valence-electron chi connectivity index (χ4n) is 10.5. The third-order valence-electron chi connectivity index (χ3n) is 12.0. The first-order valence-electron chi connectivity index (χ1n) is 17.3. The normalized spacial score (nSPS) is 41.5. The first-order valence-corrected chi connectivity index (χ1v) is 27.5. The van der Waals surface area contributed by atoms with Crippen LogP contribution in [0.15, 0.2) is 0 Å². The molecular formula is C34H66O5Si3. The van der Waals surface area contributed by atoms with Crippen molar-refractivity contribution < 1.29 is 22.8 Å². The molecule has 4 aliphatic carbocycles. The van der Waals surface area contributed by atoms with E-state index in [-0.39, 0.29) is 17.5 Å². The van der Waals surface area contributed by atoms with Gasteiger partial charge in [0, 0.05) is 18.6 Å². The molecule has 0 amide bonds. The molecule has 0 aliphatic heterocycles. The van der Waals surface area contributed by atoms with Crippen LogP contribution in [0, 0.1) is 46.3 Å². The number of carbonyl (C=O) groups is 1. The summed E-state index contributed by atoms with van der Waals surface area (Å²) in [5.74, 6) is 3.45. The summed E-state index contributed by atoms with van der Waals surface area (Å²) in [7, 11) is -3.61. The molecule has 4 rings (SSSR count). The maximum absolute atomic E-state index is 12.1. The lowest BCUT2D eigenvalue weighted by Gasteiger charge is -2.66. The quantitative estimate of drug-likeness (QED) is 0.176. The van der Waals surface area contributed by atoms with Crippen LogP contribution in [-0.2, 0) is 22.8 Å². The summed E-state index contributed by atoms with van der Waals surface area (Å²) in [4.78, 5) is 12.1. The van der Waals surface area contributed by atoms with E-state index in [1.54, 1.807) is 0 Å². The third kappa shape index (κ3) is 7.35. The van der Waals surface area contributed by atoms with Crippen LogP contribution >= 0.6 is 0 Å². The average molecular weight is 639 g/mol. The van der Waals surface area contributed by atoms with Gasteiger partial charge in [0.25, 0.3) is 0 Å². The lowest BCUT2D eigenvalue weighted by Crippen LogP contribution is -2.64. The molecule has 11 atom stereocenters. The van der Waals surface area contributed by atoms with Gasteiger partial charge in [-0.2, -0.15) is 0 Å². The van der Waals surface area contributed by atoms with Crippen molar-refractivity contribution in [3.05, 3.63) is 0 Å². The molecule has 42 heavy (non-hydrogen) atoms. The predicted octanol–water partition coefficient (Wildman–Crippen LogP) is 9.11. The molecule has 5 nitrogen and oxygen atoms in total. The number of rotatable bonds is 10. The standard InChI is InChI=1S/C34H66O5Si3/c1-23(14-17-31(35)36-4)26-15-16-27-32-28(22-30(34(26,27)3)39-42(11,12)13)33(2)19-18-25(37-40(5,6)7)20-24(33)21-29(32)38-41(8,9)10/h23-30,32H,14-22H2,1-13H3/t23?,24-,25-,26-,27?,28?,29-,30+,32?,33+,34-/m1/s1. The Hall–Kier alpha value is 0.000649. The van der Waals surface area contributed by atoms with Gasteiger partial charge in [0.2, 0.25) is 0 Å². The molecular weight excluding hydrogens is 573 g/mol. The Balaban J connectivity index is 1.72. The van der Waals surface area contributed by atoms with E-state index in [1.165, 1.54) is 52.1 Å². The van der Waals surface area contributed by atoms with Crippen molar-refractivity contribution in [3.63, 3.8) is 0 Å². The van der Waals surface area contributed by atoms with Gasteiger partial charge in [-0.25, -0.2) is 0 Å². The summed E-state index contributed by atoms with van der Waals surface area (Å²) in [5.41, 5.74) is 0.430. The summed E-state index contributed by atoms with van der Waals surface area (Å²) in [5, 5.41) is 0. The molecule has 0 aromatic heterocycles. The highest BCUT2D eigenvalue weighted by atomic mass is 28.4. The number of fused-ring (bicyclic) bond motifs is 5. The molecule has 0 saturated heterocycles. The van der Waals surface area contributed by atoms with Crippen molar-refractivity contribution >= 4 is 30.9 Å². The molecule has 0 heterocycles. The Labute approximate surface area is 262 Å². The van der Waals surface area contributed by atoms with Crippen LogP contribution in [0.5, 0.6) is 0 Å². The molecule has 244 valence electrons. The minimum absolute atomic E-state index is 0.0799. The monoisotopic (exact) mass is 638 g/mol. The molecule has 0 spiro atoms. The van der Waals surface area contributed by atoms with Gasteiger partial charge in [-0.05, 0) is 157 Å². The molecule has 4 unspecified atom stereocenters. The lowest BCUT2D eigenvalue weighted by atomic mass is 9.43. The zero-order chi connectivity index (χ0) is 31.5. The highest BCUT2D eigenvalue weighted by molar-refractivity contribution is 6.70. The van der Waals surface area contributed by atoms with Gasteiger partial charge in [-0.15, -0.1) is 0 Å². The van der Waals surface area contributed by atoms with Gasteiger partial charge >= 0.3 is 5.97 Å². The highest BCUT2D eigenvalue weighted by Crippen LogP contribution is 2.69. The van der Waals surface area contributed by atoms with E-state index < -0.39 is 25.0 Å². The Morgan fingerprint density at radius 1 is 0.810 bits per heavy atom. The Kier molecular flexibility index (Phi) is 10.2. The van der Waals surface area contributed by atoms with Crippen molar-refractivity contribution in [2.75, 3.05) is 7.11 Å². The van der Waals surface area contributed by atoms with E-state index in [0.29, 0.717) is 59.6 Å². The summed E-state index contributed by atoms with van der Waals surface area (Å²) >= 11 is 0. The van der Waals surface area contributed by atoms with Gasteiger partial charge < -0.3 is 18.0 Å². The smallest absolute Gasteiger partial charge is 0.305 e. The topological polar surface area (TPSA) is 54.0 Å². The largest absolute Gasteiger partial charge is 0.469 e. The SMILES string of the molecule is COC(=O)CCC(C)[C@H]1CCC2C3C(C[C@H](O[Si](C)(C)C)[C@@]21C)[C@@]1(C)CC[C@@H](O[Si](C)(C)C)C[C@@H]1C[C@H]3O[Si](C)(C)C. The number of carbonyl (C=O) groups excluding carboxylic acids is 1. The van der Waals surface area contributed by atoms with Crippen molar-refractivity contribution in [3.8, 4) is 0 Å². The van der Waals surface area contributed by atoms with Crippen LogP contribution in [0.25, 0.3) is 0 Å². The zero-order valence-corrected chi connectivity index (χ0v) is 32.6. The minimum Gasteiger partial charge on any atom is -0.469 e. The maximum atomic E-state index is 12.1. The van der Waals surface area contributed by atoms with Crippen molar-refractivity contribution in [2.45, 2.75) is 156 Å². The van der Waals surface area contributed by atoms with Gasteiger partial charge in [0.1, 0.15) is 0 Å². The average Bonchev–Trinajstić information content (AvgIpc) is 3.19. The van der Waals surface area contributed by atoms with Crippen molar-refractivity contribution in [1.29, 1.82) is 0 Å². The van der Waals surface area contributed by atoms with Crippen LogP contribution in [0.1, 0.15) is 78.6 Å². The Morgan fingerprint density at radius 2 is 1.43 bits per heavy atom. The fourth-order valence-corrected chi connectivity index (χ4v) is 14.1. The molecule has 0 aromatic rings. The zero-order valence-electron chi connectivity index (χ0n) is 29.6. The van der Waals surface area contributed by atoms with E-state index in [4.69, 9.17) is 18.0 Å². The van der Waals surface area contributed by atoms with E-state index >= 15 is 0 Å². The van der Waals surface area contributed by atoms with Crippen LogP contribution < -0.4 is 0 Å². The van der Waals surface area contributed by atoms with Gasteiger partial charge in [0.05, 0.1) is 13.2 Å². The van der Waals surface area contributed by atoms with Crippen LogP contribution in [0.4, 0.5) is 0 Å².